The molecule has 1 aromatic carbocycles. The number of pyridine rings is 1. The number of hydrogen-bond acceptors (Lipinski definition) is 7. The molecule has 5 aromatic rings. The molecule has 1 aliphatic rings. The third-order valence-electron chi connectivity index (χ3n) is 5.70. The molecule has 7 nitrogen and oxygen atoms in total. The molecule has 0 saturated heterocycles. The van der Waals surface area contributed by atoms with Crippen LogP contribution in [0, 0.1) is 0 Å². The van der Waals surface area contributed by atoms with Crippen molar-refractivity contribution in [2.75, 3.05) is 5.73 Å². The monoisotopic (exact) mass is 414 g/mol. The molecule has 6 rings (SSSR count). The van der Waals surface area contributed by atoms with Gasteiger partial charge in [0.1, 0.15) is 23.4 Å². The fraction of sp³-hybridized carbons (Fsp3) is 0.182. The van der Waals surface area contributed by atoms with Gasteiger partial charge in [0.25, 0.3) is 0 Å². The van der Waals surface area contributed by atoms with E-state index in [1.54, 1.807) is 15.9 Å². The Balaban J connectivity index is 1.53. The third-order valence-corrected chi connectivity index (χ3v) is 6.60. The zero-order valence-corrected chi connectivity index (χ0v) is 16.8. The Morgan fingerprint density at radius 1 is 1.10 bits per heavy atom. The lowest BCUT2D eigenvalue weighted by Gasteiger charge is -2.29. The van der Waals surface area contributed by atoms with Crippen molar-refractivity contribution in [3.63, 3.8) is 0 Å². The van der Waals surface area contributed by atoms with Crippen molar-refractivity contribution >= 4 is 33.6 Å². The van der Waals surface area contributed by atoms with Gasteiger partial charge in [-0.15, -0.1) is 11.3 Å². The van der Waals surface area contributed by atoms with E-state index in [0.29, 0.717) is 24.2 Å². The first kappa shape index (κ1) is 17.5. The van der Waals surface area contributed by atoms with Crippen molar-refractivity contribution in [1.82, 2.24) is 24.6 Å². The molecule has 1 aliphatic carbocycles. The first-order chi connectivity index (χ1) is 14.7. The summed E-state index contributed by atoms with van der Waals surface area (Å²) in [6.07, 6.45) is 2.55. The van der Waals surface area contributed by atoms with Crippen LogP contribution in [0.25, 0.3) is 38.2 Å². The van der Waals surface area contributed by atoms with Gasteiger partial charge in [0, 0.05) is 16.9 Å². The summed E-state index contributed by atoms with van der Waals surface area (Å²) in [4.78, 5) is 15.1. The van der Waals surface area contributed by atoms with E-state index in [2.05, 4.69) is 27.6 Å². The fourth-order valence-corrected chi connectivity index (χ4v) is 4.76. The lowest BCUT2D eigenvalue weighted by molar-refractivity contribution is 0.0711. The average Bonchev–Trinajstić information content (AvgIpc) is 3.40. The van der Waals surface area contributed by atoms with Crippen LogP contribution >= 0.6 is 11.3 Å². The number of benzene rings is 1. The lowest BCUT2D eigenvalue weighted by atomic mass is 9.82. The molecule has 30 heavy (non-hydrogen) atoms. The first-order valence-electron chi connectivity index (χ1n) is 9.79. The van der Waals surface area contributed by atoms with E-state index < -0.39 is 0 Å². The van der Waals surface area contributed by atoms with E-state index in [1.165, 1.54) is 6.33 Å². The van der Waals surface area contributed by atoms with Crippen molar-refractivity contribution in [2.45, 2.75) is 24.9 Å². The number of nitrogens with two attached hydrogens (primary N) is 1. The van der Waals surface area contributed by atoms with Gasteiger partial charge in [0.2, 0.25) is 0 Å². The highest BCUT2D eigenvalue weighted by molar-refractivity contribution is 7.13. The zero-order chi connectivity index (χ0) is 20.2. The van der Waals surface area contributed by atoms with Crippen LogP contribution in [0.5, 0.6) is 0 Å². The van der Waals surface area contributed by atoms with Crippen molar-refractivity contribution in [3.8, 4) is 21.8 Å². The molecule has 4 aromatic heterocycles. The predicted molar refractivity (Wildman–Crippen MR) is 117 cm³/mol. The number of fused-ring (bicyclic) bond motifs is 2. The molecule has 1 saturated carbocycles. The smallest absolute Gasteiger partial charge is 0.153 e. The molecule has 8 heteroatoms. The molecule has 148 valence electrons. The number of aliphatic hydroxyl groups is 1. The van der Waals surface area contributed by atoms with Crippen LogP contribution in [0.4, 0.5) is 5.82 Å². The Labute approximate surface area is 175 Å². The summed E-state index contributed by atoms with van der Waals surface area (Å²) in [7, 11) is 0. The second kappa shape index (κ2) is 6.58. The minimum Gasteiger partial charge on any atom is -0.393 e. The number of aromatic nitrogens is 5. The van der Waals surface area contributed by atoms with Crippen LogP contribution in [-0.4, -0.2) is 35.8 Å². The van der Waals surface area contributed by atoms with Crippen LogP contribution in [0.1, 0.15) is 24.6 Å². The van der Waals surface area contributed by atoms with E-state index >= 15 is 0 Å². The fourth-order valence-electron chi connectivity index (χ4n) is 4.07. The number of imidazole rings is 1. The number of anilines is 1. The van der Waals surface area contributed by atoms with Crippen molar-refractivity contribution in [2.24, 2.45) is 0 Å². The van der Waals surface area contributed by atoms with Gasteiger partial charge < -0.3 is 10.8 Å². The third kappa shape index (κ3) is 2.68. The van der Waals surface area contributed by atoms with Crippen molar-refractivity contribution < 1.29 is 5.11 Å². The molecule has 1 fully saturated rings. The maximum Gasteiger partial charge on any atom is 0.153 e. The molecule has 0 aliphatic heterocycles. The zero-order valence-electron chi connectivity index (χ0n) is 15.9. The van der Waals surface area contributed by atoms with Crippen LogP contribution in [0.3, 0.4) is 0 Å². The second-order valence-electron chi connectivity index (χ2n) is 7.63. The predicted octanol–water partition coefficient (Wildman–Crippen LogP) is 3.89. The van der Waals surface area contributed by atoms with E-state index in [0.717, 1.165) is 38.6 Å². The van der Waals surface area contributed by atoms with Gasteiger partial charge in [0.05, 0.1) is 22.2 Å². The van der Waals surface area contributed by atoms with Gasteiger partial charge in [-0.3, -0.25) is 0 Å². The van der Waals surface area contributed by atoms with Crippen LogP contribution in [0.15, 0.2) is 54.2 Å². The Kier molecular flexibility index (Phi) is 3.84. The van der Waals surface area contributed by atoms with Crippen LogP contribution in [-0.2, 0) is 0 Å². The summed E-state index contributed by atoms with van der Waals surface area (Å²) < 4.78 is 1.77. The minimum absolute atomic E-state index is 0.166. The Hall–Kier alpha value is -3.36. The average molecular weight is 414 g/mol. The molecule has 4 heterocycles. The molecular weight excluding hydrogens is 396 g/mol. The Bertz CT molecular complexity index is 1390. The molecular formula is C22H18N6OS. The van der Waals surface area contributed by atoms with E-state index in [1.807, 2.05) is 30.3 Å². The molecule has 0 amide bonds. The maximum absolute atomic E-state index is 9.75. The number of hydrogen-bond donors (Lipinski definition) is 2. The van der Waals surface area contributed by atoms with Gasteiger partial charge >= 0.3 is 0 Å². The topological polar surface area (TPSA) is 102 Å². The number of nitrogen functional groups attached to an aromatic ring is 1. The number of rotatable bonds is 3. The van der Waals surface area contributed by atoms with Gasteiger partial charge in [-0.1, -0.05) is 24.3 Å². The Morgan fingerprint density at radius 2 is 1.97 bits per heavy atom. The second-order valence-corrected chi connectivity index (χ2v) is 8.58. The van der Waals surface area contributed by atoms with Gasteiger partial charge in [-0.25, -0.2) is 19.5 Å². The lowest BCUT2D eigenvalue weighted by Crippen LogP contribution is -2.28. The largest absolute Gasteiger partial charge is 0.393 e. The number of aliphatic hydroxyl groups excluding tert-OH is 1. The summed E-state index contributed by atoms with van der Waals surface area (Å²) in [5.41, 5.74) is 10.4. The van der Waals surface area contributed by atoms with Gasteiger partial charge in [0.15, 0.2) is 5.82 Å². The molecule has 3 N–H and O–H groups in total. The van der Waals surface area contributed by atoms with Crippen molar-refractivity contribution in [1.29, 1.82) is 0 Å². The highest BCUT2D eigenvalue weighted by Crippen LogP contribution is 2.39. The first-order valence-corrected chi connectivity index (χ1v) is 10.7. The summed E-state index contributed by atoms with van der Waals surface area (Å²) >= 11 is 1.67. The normalized spacial score (nSPS) is 18.7. The maximum atomic E-state index is 9.75. The van der Waals surface area contributed by atoms with Crippen LogP contribution < -0.4 is 5.73 Å². The van der Waals surface area contributed by atoms with E-state index in [-0.39, 0.29) is 12.0 Å². The van der Waals surface area contributed by atoms with E-state index in [9.17, 15) is 5.11 Å². The Morgan fingerprint density at radius 3 is 2.77 bits per heavy atom. The SMILES string of the molecule is Nc1ncnn2c(C3CC(O)C3)nc(-c3ccc4ccc(-c5cccs5)nc4c3)c12. The molecule has 0 spiro atoms. The van der Waals surface area contributed by atoms with Gasteiger partial charge in [-0.05, 0) is 36.4 Å². The summed E-state index contributed by atoms with van der Waals surface area (Å²) in [5, 5.41) is 17.3. The molecule has 0 atom stereocenters. The quantitative estimate of drug-likeness (QED) is 0.464. The van der Waals surface area contributed by atoms with Crippen LogP contribution in [0.2, 0.25) is 0 Å². The van der Waals surface area contributed by atoms with Gasteiger partial charge in [-0.2, -0.15) is 5.10 Å². The number of thiophene rings is 1. The molecule has 0 unspecified atom stereocenters. The summed E-state index contributed by atoms with van der Waals surface area (Å²) in [6.45, 7) is 0. The highest BCUT2D eigenvalue weighted by atomic mass is 32.1. The van der Waals surface area contributed by atoms with E-state index in [4.69, 9.17) is 15.7 Å². The molecule has 0 radical (unpaired) electrons. The standard InChI is InChI=1S/C22H18N6OS/c23-21-20-19(27-22(14-8-15(29)9-14)28(20)25-11-24-21)13-4-3-12-5-6-16(26-17(12)10-13)18-2-1-7-30-18/h1-7,10-11,14-15,29H,8-9H2,(H2,23,24,25). The number of nitrogens with zero attached hydrogens (tertiary/aromatic N) is 5. The van der Waals surface area contributed by atoms with Crippen molar-refractivity contribution in [3.05, 3.63) is 60.0 Å². The molecule has 0 bridgehead atoms. The highest BCUT2D eigenvalue weighted by Gasteiger charge is 2.33. The summed E-state index contributed by atoms with van der Waals surface area (Å²) in [6, 6.07) is 14.4. The minimum atomic E-state index is -0.273. The summed E-state index contributed by atoms with van der Waals surface area (Å²) in [5.74, 6) is 1.37.